The van der Waals surface area contributed by atoms with Crippen LogP contribution in [0.5, 0.6) is 0 Å². The highest BCUT2D eigenvalue weighted by atomic mass is 16.3. The van der Waals surface area contributed by atoms with Crippen LogP contribution in [-0.2, 0) is 13.0 Å². The van der Waals surface area contributed by atoms with Crippen LogP contribution in [-0.4, -0.2) is 11.5 Å². The summed E-state index contributed by atoms with van der Waals surface area (Å²) in [6, 6.07) is 0. The molecule has 1 saturated carbocycles. The molecule has 2 rings (SSSR count). The van der Waals surface area contributed by atoms with E-state index in [0.29, 0.717) is 5.92 Å². The molecule has 0 atom stereocenters. The zero-order valence-electron chi connectivity index (χ0n) is 10.3. The van der Waals surface area contributed by atoms with Crippen molar-refractivity contribution in [1.82, 2.24) is 10.3 Å². The van der Waals surface area contributed by atoms with Crippen LogP contribution in [0.2, 0.25) is 0 Å². The SMILES string of the molecule is CC(C)CNCc1ncoc1CC1CCC1. The van der Waals surface area contributed by atoms with Gasteiger partial charge in [0.1, 0.15) is 5.76 Å². The van der Waals surface area contributed by atoms with Crippen LogP contribution >= 0.6 is 0 Å². The maximum absolute atomic E-state index is 5.48. The van der Waals surface area contributed by atoms with Crippen molar-refractivity contribution >= 4 is 0 Å². The highest BCUT2D eigenvalue weighted by molar-refractivity contribution is 5.08. The minimum atomic E-state index is 0.682. The van der Waals surface area contributed by atoms with E-state index >= 15 is 0 Å². The fourth-order valence-electron chi connectivity index (χ4n) is 2.04. The van der Waals surface area contributed by atoms with Crippen LogP contribution in [0.15, 0.2) is 10.8 Å². The van der Waals surface area contributed by atoms with E-state index < -0.39 is 0 Å². The second-order valence-corrected chi connectivity index (χ2v) is 5.25. The van der Waals surface area contributed by atoms with E-state index in [0.717, 1.165) is 36.9 Å². The molecule has 1 aliphatic rings. The van der Waals surface area contributed by atoms with Crippen LogP contribution in [0, 0.1) is 11.8 Å². The van der Waals surface area contributed by atoms with Gasteiger partial charge in [-0.1, -0.05) is 33.1 Å². The zero-order chi connectivity index (χ0) is 11.4. The molecule has 90 valence electrons. The summed E-state index contributed by atoms with van der Waals surface area (Å²) in [4.78, 5) is 4.30. The van der Waals surface area contributed by atoms with Crippen molar-refractivity contribution in [3.05, 3.63) is 17.8 Å². The maximum atomic E-state index is 5.48. The monoisotopic (exact) mass is 222 g/mol. The number of oxazole rings is 1. The molecule has 1 heterocycles. The molecule has 3 nitrogen and oxygen atoms in total. The van der Waals surface area contributed by atoms with E-state index in [4.69, 9.17) is 4.42 Å². The average Bonchev–Trinajstić information content (AvgIpc) is 2.59. The summed E-state index contributed by atoms with van der Waals surface area (Å²) in [7, 11) is 0. The molecule has 0 unspecified atom stereocenters. The van der Waals surface area contributed by atoms with Gasteiger partial charge in [-0.05, 0) is 18.4 Å². The van der Waals surface area contributed by atoms with Gasteiger partial charge in [-0.2, -0.15) is 0 Å². The quantitative estimate of drug-likeness (QED) is 0.804. The molecule has 0 radical (unpaired) electrons. The molecule has 16 heavy (non-hydrogen) atoms. The predicted molar refractivity (Wildman–Crippen MR) is 64.1 cm³/mol. The standard InChI is InChI=1S/C13H22N2O/c1-10(2)7-14-8-12-13(16-9-15-12)6-11-4-3-5-11/h9-11,14H,3-8H2,1-2H3. The topological polar surface area (TPSA) is 38.1 Å². The van der Waals surface area contributed by atoms with Gasteiger partial charge in [-0.25, -0.2) is 4.98 Å². The fourth-order valence-corrected chi connectivity index (χ4v) is 2.04. The maximum Gasteiger partial charge on any atom is 0.181 e. The number of aromatic nitrogens is 1. The molecule has 0 bridgehead atoms. The molecule has 1 fully saturated rings. The number of nitrogens with zero attached hydrogens (tertiary/aromatic N) is 1. The molecule has 0 aliphatic heterocycles. The molecule has 1 aromatic rings. The zero-order valence-corrected chi connectivity index (χ0v) is 10.3. The summed E-state index contributed by atoms with van der Waals surface area (Å²) in [5.74, 6) is 2.62. The first kappa shape index (κ1) is 11.6. The fraction of sp³-hybridized carbons (Fsp3) is 0.769. The lowest BCUT2D eigenvalue weighted by Crippen LogP contribution is -2.21. The molecule has 0 spiro atoms. The summed E-state index contributed by atoms with van der Waals surface area (Å²) in [6.45, 7) is 6.31. The average molecular weight is 222 g/mol. The van der Waals surface area contributed by atoms with E-state index in [1.54, 1.807) is 6.39 Å². The summed E-state index contributed by atoms with van der Waals surface area (Å²) in [6.07, 6.45) is 6.78. The third kappa shape index (κ3) is 3.08. The molecule has 0 aromatic carbocycles. The van der Waals surface area contributed by atoms with Gasteiger partial charge >= 0.3 is 0 Å². The van der Waals surface area contributed by atoms with Gasteiger partial charge in [0, 0.05) is 13.0 Å². The minimum absolute atomic E-state index is 0.682. The van der Waals surface area contributed by atoms with E-state index in [1.165, 1.54) is 19.3 Å². The van der Waals surface area contributed by atoms with Gasteiger partial charge < -0.3 is 9.73 Å². The Morgan fingerprint density at radius 2 is 2.31 bits per heavy atom. The highest BCUT2D eigenvalue weighted by Crippen LogP contribution is 2.30. The molecular weight excluding hydrogens is 200 g/mol. The van der Waals surface area contributed by atoms with E-state index in [1.807, 2.05) is 0 Å². The molecule has 0 amide bonds. The third-order valence-electron chi connectivity index (χ3n) is 3.27. The Kier molecular flexibility index (Phi) is 3.99. The first-order valence-electron chi connectivity index (χ1n) is 6.37. The summed E-state index contributed by atoms with van der Waals surface area (Å²) in [5, 5.41) is 3.41. The summed E-state index contributed by atoms with van der Waals surface area (Å²) >= 11 is 0. The molecule has 1 aliphatic carbocycles. The van der Waals surface area contributed by atoms with Crippen molar-refractivity contribution in [1.29, 1.82) is 0 Å². The van der Waals surface area contributed by atoms with Crippen molar-refractivity contribution in [3.63, 3.8) is 0 Å². The van der Waals surface area contributed by atoms with Gasteiger partial charge in [0.25, 0.3) is 0 Å². The van der Waals surface area contributed by atoms with Crippen LogP contribution in [0.1, 0.15) is 44.6 Å². The summed E-state index contributed by atoms with van der Waals surface area (Å²) in [5.41, 5.74) is 1.10. The van der Waals surface area contributed by atoms with Crippen molar-refractivity contribution in [2.75, 3.05) is 6.54 Å². The molecular formula is C13H22N2O. The Hall–Kier alpha value is -0.830. The van der Waals surface area contributed by atoms with E-state index in [9.17, 15) is 0 Å². The van der Waals surface area contributed by atoms with E-state index in [2.05, 4.69) is 24.1 Å². The Morgan fingerprint density at radius 1 is 1.50 bits per heavy atom. The van der Waals surface area contributed by atoms with Crippen LogP contribution in [0.25, 0.3) is 0 Å². The normalized spacial score (nSPS) is 16.7. The Morgan fingerprint density at radius 3 is 2.94 bits per heavy atom. The highest BCUT2D eigenvalue weighted by Gasteiger charge is 2.21. The molecule has 1 aromatic heterocycles. The van der Waals surface area contributed by atoms with Gasteiger partial charge in [0.05, 0.1) is 5.69 Å². The Labute approximate surface area is 97.6 Å². The smallest absolute Gasteiger partial charge is 0.181 e. The third-order valence-corrected chi connectivity index (χ3v) is 3.27. The first-order chi connectivity index (χ1) is 7.75. The number of hydrogen-bond acceptors (Lipinski definition) is 3. The lowest BCUT2D eigenvalue weighted by Gasteiger charge is -2.24. The number of nitrogens with one attached hydrogen (secondary N) is 1. The van der Waals surface area contributed by atoms with Crippen molar-refractivity contribution in [3.8, 4) is 0 Å². The largest absolute Gasteiger partial charge is 0.448 e. The van der Waals surface area contributed by atoms with Gasteiger partial charge in [-0.3, -0.25) is 0 Å². The Balaban J connectivity index is 1.81. The molecule has 0 saturated heterocycles. The first-order valence-corrected chi connectivity index (χ1v) is 6.37. The number of hydrogen-bond donors (Lipinski definition) is 1. The van der Waals surface area contributed by atoms with E-state index in [-0.39, 0.29) is 0 Å². The van der Waals surface area contributed by atoms with Gasteiger partial charge in [0.2, 0.25) is 0 Å². The number of rotatable bonds is 6. The van der Waals surface area contributed by atoms with Crippen LogP contribution in [0.4, 0.5) is 0 Å². The second kappa shape index (κ2) is 5.48. The van der Waals surface area contributed by atoms with Crippen LogP contribution in [0.3, 0.4) is 0 Å². The lowest BCUT2D eigenvalue weighted by molar-refractivity contribution is 0.293. The van der Waals surface area contributed by atoms with Crippen molar-refractivity contribution in [2.45, 2.75) is 46.1 Å². The van der Waals surface area contributed by atoms with Gasteiger partial charge in [0.15, 0.2) is 6.39 Å². The lowest BCUT2D eigenvalue weighted by atomic mass is 9.82. The second-order valence-electron chi connectivity index (χ2n) is 5.25. The minimum Gasteiger partial charge on any atom is -0.448 e. The van der Waals surface area contributed by atoms with Crippen LogP contribution < -0.4 is 5.32 Å². The van der Waals surface area contributed by atoms with Gasteiger partial charge in [-0.15, -0.1) is 0 Å². The summed E-state index contributed by atoms with van der Waals surface area (Å²) < 4.78 is 5.48. The van der Waals surface area contributed by atoms with Crippen molar-refractivity contribution in [2.24, 2.45) is 11.8 Å². The van der Waals surface area contributed by atoms with Crippen molar-refractivity contribution < 1.29 is 4.42 Å². The molecule has 1 N–H and O–H groups in total. The predicted octanol–water partition coefficient (Wildman–Crippen LogP) is 2.76. The molecule has 3 heteroatoms. The Bertz CT molecular complexity index is 315.